The van der Waals surface area contributed by atoms with Gasteiger partial charge in [-0.2, -0.15) is 0 Å². The van der Waals surface area contributed by atoms with Gasteiger partial charge in [-0.15, -0.1) is 0 Å². The van der Waals surface area contributed by atoms with Gasteiger partial charge in [-0.25, -0.2) is 0 Å². The van der Waals surface area contributed by atoms with Crippen molar-refractivity contribution in [1.29, 1.82) is 0 Å². The van der Waals surface area contributed by atoms with Gasteiger partial charge in [0.25, 0.3) is 0 Å². The van der Waals surface area contributed by atoms with Crippen molar-refractivity contribution in [3.8, 4) is 0 Å². The molecule has 360 valence electrons. The number of ether oxygens (including phenoxy) is 15. The van der Waals surface area contributed by atoms with E-state index in [4.69, 9.17) is 71.1 Å². The summed E-state index contributed by atoms with van der Waals surface area (Å²) in [6.45, 7) is 8.15. The zero-order chi connectivity index (χ0) is 48.2. The minimum atomic E-state index is -1.96. The smallest absolute Gasteiger partial charge is 0.303 e. The van der Waals surface area contributed by atoms with Gasteiger partial charge in [-0.1, -0.05) is 15.9 Å². The lowest BCUT2D eigenvalue weighted by Crippen LogP contribution is -2.68. The van der Waals surface area contributed by atoms with Crippen molar-refractivity contribution >= 4 is 75.6 Å². The molecule has 3 saturated heterocycles. The molecule has 3 aliphatic heterocycles. The molecule has 0 amide bonds. The molecule has 3 rings (SSSR count). The second kappa shape index (κ2) is 24.3. The van der Waals surface area contributed by atoms with Crippen molar-refractivity contribution in [2.75, 3.05) is 19.8 Å². The molecule has 0 bridgehead atoms. The molecule has 0 aromatic rings. The summed E-state index contributed by atoms with van der Waals surface area (Å²) < 4.78 is 85.4. The third-order valence-corrected chi connectivity index (χ3v) is 9.55. The summed E-state index contributed by atoms with van der Waals surface area (Å²) in [5, 5.41) is -1.21. The minimum Gasteiger partial charge on any atom is -0.463 e. The van der Waals surface area contributed by atoms with Crippen LogP contribution in [0.3, 0.4) is 0 Å². The number of hydrogen-bond acceptors (Lipinski definition) is 25. The van der Waals surface area contributed by atoms with Gasteiger partial charge in [-0.3, -0.25) is 47.9 Å². The normalized spacial score (nSPS) is 32.3. The Morgan fingerprint density at radius 3 is 0.906 bits per heavy atom. The Hall–Kier alpha value is -5.02. The van der Waals surface area contributed by atoms with Crippen LogP contribution in [0.4, 0.5) is 0 Å². The van der Waals surface area contributed by atoms with Gasteiger partial charge in [-0.05, 0) is 0 Å². The van der Waals surface area contributed by atoms with Crippen molar-refractivity contribution in [2.24, 2.45) is 0 Å². The zero-order valence-corrected chi connectivity index (χ0v) is 38.0. The number of hydrogen-bond donors (Lipinski definition) is 0. The highest BCUT2D eigenvalue weighted by atomic mass is 79.9. The maximum absolute atomic E-state index is 12.9. The van der Waals surface area contributed by atoms with E-state index in [1.54, 1.807) is 0 Å². The Morgan fingerprint density at radius 1 is 0.328 bits per heavy atom. The van der Waals surface area contributed by atoms with Crippen LogP contribution < -0.4 is 0 Å². The summed E-state index contributed by atoms with van der Waals surface area (Å²) in [4.78, 5) is 124. The fourth-order valence-electron chi connectivity index (χ4n) is 6.74. The average molecular weight is 988 g/mol. The van der Waals surface area contributed by atoms with Crippen molar-refractivity contribution in [1.82, 2.24) is 0 Å². The van der Waals surface area contributed by atoms with E-state index in [0.29, 0.717) is 0 Å². The molecule has 3 fully saturated rings. The van der Waals surface area contributed by atoms with Crippen LogP contribution in [0.25, 0.3) is 0 Å². The predicted octanol–water partition coefficient (Wildman–Crippen LogP) is -0.462. The monoisotopic (exact) mass is 986 g/mol. The van der Waals surface area contributed by atoms with Crippen LogP contribution in [0.15, 0.2) is 0 Å². The van der Waals surface area contributed by atoms with Gasteiger partial charge in [0.15, 0.2) is 60.3 Å². The Labute approximate surface area is 373 Å². The van der Waals surface area contributed by atoms with Gasteiger partial charge in [0.2, 0.25) is 0 Å². The van der Waals surface area contributed by atoms with Crippen LogP contribution in [0.5, 0.6) is 0 Å². The van der Waals surface area contributed by atoms with Crippen molar-refractivity contribution in [3.63, 3.8) is 0 Å². The number of carbonyl (C=O) groups is 10. The van der Waals surface area contributed by atoms with E-state index in [9.17, 15) is 47.9 Å². The maximum atomic E-state index is 12.9. The van der Waals surface area contributed by atoms with E-state index in [-0.39, 0.29) is 0 Å². The van der Waals surface area contributed by atoms with Crippen LogP contribution in [-0.4, -0.2) is 170 Å². The summed E-state index contributed by atoms with van der Waals surface area (Å²) in [6, 6.07) is 0. The molecule has 0 aliphatic carbocycles. The fourth-order valence-corrected chi connectivity index (χ4v) is 7.43. The summed E-state index contributed by atoms with van der Waals surface area (Å²) in [6.07, 6.45) is -24.0. The molecule has 0 spiro atoms. The lowest BCUT2D eigenvalue weighted by Gasteiger charge is -2.50. The Bertz CT molecular complexity index is 1740. The fraction of sp³-hybridized carbons (Fsp3) is 0.737. The molecular formula is C38H51BrO25. The summed E-state index contributed by atoms with van der Waals surface area (Å²) >= 11 is 3.24. The minimum absolute atomic E-state index is 0.573. The maximum Gasteiger partial charge on any atom is 0.303 e. The largest absolute Gasteiger partial charge is 0.463 e. The van der Waals surface area contributed by atoms with Gasteiger partial charge in [0.1, 0.15) is 50.3 Å². The van der Waals surface area contributed by atoms with Gasteiger partial charge in [0, 0.05) is 69.2 Å². The van der Waals surface area contributed by atoms with E-state index in [2.05, 4.69) is 15.9 Å². The first-order chi connectivity index (χ1) is 29.9. The molecule has 0 saturated carbocycles. The second-order valence-corrected chi connectivity index (χ2v) is 15.1. The zero-order valence-electron chi connectivity index (χ0n) is 36.4. The van der Waals surface area contributed by atoms with Crippen LogP contribution in [-0.2, 0) is 119 Å². The number of rotatable bonds is 17. The van der Waals surface area contributed by atoms with Crippen molar-refractivity contribution in [3.05, 3.63) is 0 Å². The topological polar surface area (TPSA) is 309 Å². The molecule has 25 nitrogen and oxygen atoms in total. The van der Waals surface area contributed by atoms with E-state index < -0.39 is 170 Å². The van der Waals surface area contributed by atoms with E-state index in [0.717, 1.165) is 69.2 Å². The van der Waals surface area contributed by atoms with Crippen LogP contribution in [0, 0.1) is 0 Å². The molecule has 0 radical (unpaired) electrons. The quantitative estimate of drug-likeness (QED) is 0.101. The average Bonchev–Trinajstić information content (AvgIpc) is 3.15. The summed E-state index contributed by atoms with van der Waals surface area (Å²) in [5.74, 6) is -9.19. The third-order valence-electron chi connectivity index (χ3n) is 8.81. The molecule has 0 aromatic carbocycles. The molecule has 3 heterocycles. The van der Waals surface area contributed by atoms with E-state index >= 15 is 0 Å². The highest BCUT2D eigenvalue weighted by Gasteiger charge is 2.59. The van der Waals surface area contributed by atoms with Crippen LogP contribution in [0.1, 0.15) is 69.2 Å². The highest BCUT2D eigenvalue weighted by molar-refractivity contribution is 9.09. The number of esters is 10. The molecule has 64 heavy (non-hydrogen) atoms. The molecule has 3 aliphatic rings. The van der Waals surface area contributed by atoms with Crippen molar-refractivity contribution < 1.29 is 119 Å². The van der Waals surface area contributed by atoms with E-state index in [1.807, 2.05) is 0 Å². The molecular weight excluding hydrogens is 936 g/mol. The van der Waals surface area contributed by atoms with Gasteiger partial charge >= 0.3 is 59.7 Å². The first kappa shape index (κ1) is 53.3. The van der Waals surface area contributed by atoms with Crippen LogP contribution in [0.2, 0.25) is 0 Å². The molecule has 0 N–H and O–H groups in total. The lowest BCUT2D eigenvalue weighted by atomic mass is 9.95. The second-order valence-electron chi connectivity index (χ2n) is 14.2. The van der Waals surface area contributed by atoms with Gasteiger partial charge < -0.3 is 71.1 Å². The predicted molar refractivity (Wildman–Crippen MR) is 203 cm³/mol. The standard InChI is InChI=1S/C38H51BrO25/c1-14(40)50-11-24-28(30(54-18(5)44)33(36(39)60-24)57-21(8)47)63-38-35(59-23(10)49)32(56-20(7)46)29(26(62-38)13-52-16(3)42)64-37-34(58-22(9)48)31(55-19(6)45)27(53-17(4)43)25(61-37)12-51-15(2)41/h24-38H,11-13H2,1-10H3/t24-,25-,26-,27-,28-,29-,30+,31+,32+,33-,34-,35-,36+,37+,38+/m1/s1. The van der Waals surface area contributed by atoms with E-state index in [1.165, 1.54) is 0 Å². The summed E-state index contributed by atoms with van der Waals surface area (Å²) in [5.41, 5.74) is 0. The Morgan fingerprint density at radius 2 is 0.578 bits per heavy atom. The summed E-state index contributed by atoms with van der Waals surface area (Å²) in [7, 11) is 0. The first-order valence-corrected chi connectivity index (χ1v) is 20.3. The SMILES string of the molecule is CC(=O)OC[C@H]1O[C@H](Br)[C@H](OC(C)=O)[C@@H](OC(C)=O)[C@@H]1O[C@@H]1O[C@H](COC(C)=O)[C@@H](O[C@@H]2O[C@H](COC(C)=O)[C@@H](OC(C)=O)[C@H](OC(C)=O)[C@H]2OC(C)=O)[C@H](OC(C)=O)[C@H]1OC(C)=O. The third kappa shape index (κ3) is 15.9. The number of alkyl halides is 1. The number of halogens is 1. The Kier molecular flexibility index (Phi) is 20.3. The Balaban J connectivity index is 2.28. The molecule has 0 unspecified atom stereocenters. The highest BCUT2D eigenvalue weighted by Crippen LogP contribution is 2.38. The van der Waals surface area contributed by atoms with Crippen LogP contribution >= 0.6 is 15.9 Å². The molecule has 0 aromatic heterocycles. The molecule has 26 heteroatoms. The molecule has 15 atom stereocenters. The number of carbonyl (C=O) groups excluding carboxylic acids is 10. The van der Waals surface area contributed by atoms with Crippen molar-refractivity contribution in [2.45, 2.75) is 160 Å². The first-order valence-electron chi connectivity index (χ1n) is 19.4. The lowest BCUT2D eigenvalue weighted by molar-refractivity contribution is -0.372. The van der Waals surface area contributed by atoms with Gasteiger partial charge in [0.05, 0.1) is 0 Å².